The van der Waals surface area contributed by atoms with Crippen LogP contribution in [0.1, 0.15) is 32.3 Å². The quantitative estimate of drug-likeness (QED) is 0.451. The summed E-state index contributed by atoms with van der Waals surface area (Å²) in [5, 5.41) is 2.75. The maximum absolute atomic E-state index is 13.1. The van der Waals surface area contributed by atoms with Gasteiger partial charge in [0.25, 0.3) is 0 Å². The Hall–Kier alpha value is -3.66. The highest BCUT2D eigenvalue weighted by molar-refractivity contribution is 5.94. The van der Waals surface area contributed by atoms with E-state index in [-0.39, 0.29) is 30.4 Å². The number of halogens is 3. The van der Waals surface area contributed by atoms with Crippen molar-refractivity contribution in [3.8, 4) is 16.9 Å². The van der Waals surface area contributed by atoms with Gasteiger partial charge in [0.05, 0.1) is 17.4 Å². The molecule has 0 bridgehead atoms. The highest BCUT2D eigenvalue weighted by atomic mass is 19.4. The first-order valence-corrected chi connectivity index (χ1v) is 12.1. The number of amides is 2. The first-order valence-electron chi connectivity index (χ1n) is 12.1. The van der Waals surface area contributed by atoms with Crippen molar-refractivity contribution in [3.63, 3.8) is 0 Å². The summed E-state index contributed by atoms with van der Waals surface area (Å²) in [6.45, 7) is 4.29. The number of hydrogen-bond donors (Lipinski definition) is 1. The van der Waals surface area contributed by atoms with Crippen molar-refractivity contribution in [3.05, 3.63) is 66.4 Å². The fraction of sp³-hybridized carbons (Fsp3) is 0.370. The average molecular weight is 515 g/mol. The highest BCUT2D eigenvalue weighted by Gasteiger charge is 2.30. The summed E-state index contributed by atoms with van der Waals surface area (Å²) in [7, 11) is 0. The molecule has 4 rings (SSSR count). The van der Waals surface area contributed by atoms with Gasteiger partial charge in [-0.05, 0) is 37.1 Å². The zero-order valence-electron chi connectivity index (χ0n) is 20.7. The Morgan fingerprint density at radius 3 is 2.43 bits per heavy atom. The molecule has 0 aliphatic carbocycles. The third-order valence-corrected chi connectivity index (χ3v) is 6.09. The lowest BCUT2D eigenvalue weighted by Crippen LogP contribution is -2.44. The molecular formula is C27H29F3N4O3. The molecule has 0 radical (unpaired) electrons. The third-order valence-electron chi connectivity index (χ3n) is 6.09. The van der Waals surface area contributed by atoms with Gasteiger partial charge in [0.2, 0.25) is 17.8 Å². The minimum absolute atomic E-state index is 0.116. The van der Waals surface area contributed by atoms with Gasteiger partial charge in [-0.15, -0.1) is 0 Å². The Morgan fingerprint density at radius 1 is 1.14 bits per heavy atom. The van der Waals surface area contributed by atoms with Gasteiger partial charge < -0.3 is 9.64 Å². The molecule has 3 aromatic rings. The number of nitrogens with one attached hydrogen (secondary N) is 1. The molecular weight excluding hydrogens is 485 g/mol. The van der Waals surface area contributed by atoms with Crippen molar-refractivity contribution in [2.75, 3.05) is 25.0 Å². The summed E-state index contributed by atoms with van der Waals surface area (Å²) in [4.78, 5) is 31.9. The predicted molar refractivity (Wildman–Crippen MR) is 133 cm³/mol. The number of rotatable bonds is 8. The van der Waals surface area contributed by atoms with Crippen LogP contribution >= 0.6 is 0 Å². The topological polar surface area (TPSA) is 76.5 Å². The number of carbonyl (C=O) groups is 2. The van der Waals surface area contributed by atoms with E-state index in [1.54, 1.807) is 20.0 Å². The van der Waals surface area contributed by atoms with E-state index in [4.69, 9.17) is 4.74 Å². The first-order chi connectivity index (χ1) is 17.6. The number of imidazole rings is 1. The molecule has 0 spiro atoms. The molecule has 2 heterocycles. The van der Waals surface area contributed by atoms with Crippen molar-refractivity contribution < 1.29 is 27.5 Å². The number of carbonyl (C=O) groups excluding carboxylic acids is 2. The number of ether oxygens (including phenoxy) is 1. The number of alkyl halides is 3. The molecule has 37 heavy (non-hydrogen) atoms. The Bertz CT molecular complexity index is 1220. The van der Waals surface area contributed by atoms with Crippen molar-refractivity contribution >= 4 is 17.8 Å². The van der Waals surface area contributed by atoms with Crippen LogP contribution in [-0.2, 0) is 20.5 Å². The number of nitrogens with zero attached hydrogens (tertiary/aromatic N) is 3. The van der Waals surface area contributed by atoms with E-state index < -0.39 is 17.6 Å². The van der Waals surface area contributed by atoms with Gasteiger partial charge in [-0.3, -0.25) is 19.5 Å². The van der Waals surface area contributed by atoms with Gasteiger partial charge in [-0.1, -0.05) is 44.2 Å². The second kappa shape index (κ2) is 11.2. The van der Waals surface area contributed by atoms with Crippen LogP contribution in [0.4, 0.5) is 19.1 Å². The lowest BCUT2D eigenvalue weighted by Gasteiger charge is -2.26. The smallest absolute Gasteiger partial charge is 0.376 e. The molecule has 1 saturated heterocycles. The molecule has 1 fully saturated rings. The van der Waals surface area contributed by atoms with Crippen LogP contribution in [0.15, 0.2) is 60.8 Å². The molecule has 7 nitrogen and oxygen atoms in total. The Morgan fingerprint density at radius 2 is 1.84 bits per heavy atom. The molecule has 2 aromatic carbocycles. The van der Waals surface area contributed by atoms with Crippen LogP contribution in [0.2, 0.25) is 0 Å². The second-order valence-corrected chi connectivity index (χ2v) is 9.29. The van der Waals surface area contributed by atoms with Crippen LogP contribution in [0.3, 0.4) is 0 Å². The fourth-order valence-electron chi connectivity index (χ4n) is 4.19. The summed E-state index contributed by atoms with van der Waals surface area (Å²) in [6.07, 6.45) is -1.20. The van der Waals surface area contributed by atoms with Crippen molar-refractivity contribution in [1.29, 1.82) is 0 Å². The van der Waals surface area contributed by atoms with Gasteiger partial charge in [-0.2, -0.15) is 13.2 Å². The molecule has 0 saturated carbocycles. The van der Waals surface area contributed by atoms with Crippen molar-refractivity contribution in [2.45, 2.75) is 39.0 Å². The number of aromatic nitrogens is 2. The molecule has 0 unspecified atom stereocenters. The highest BCUT2D eigenvalue weighted by Crippen LogP contribution is 2.31. The van der Waals surface area contributed by atoms with E-state index in [1.165, 1.54) is 21.6 Å². The minimum Gasteiger partial charge on any atom is -0.376 e. The second-order valence-electron chi connectivity index (χ2n) is 9.29. The van der Waals surface area contributed by atoms with Crippen molar-refractivity contribution in [1.82, 2.24) is 14.5 Å². The van der Waals surface area contributed by atoms with E-state index in [1.807, 2.05) is 30.3 Å². The Balaban J connectivity index is 1.60. The van der Waals surface area contributed by atoms with Crippen LogP contribution in [-0.4, -0.2) is 52.1 Å². The van der Waals surface area contributed by atoms with Crippen LogP contribution < -0.4 is 5.32 Å². The van der Waals surface area contributed by atoms with Crippen LogP contribution in [0.25, 0.3) is 16.9 Å². The molecule has 10 heteroatoms. The Kier molecular flexibility index (Phi) is 7.97. The number of anilines is 1. The predicted octanol–water partition coefficient (Wildman–Crippen LogP) is 5.16. The van der Waals surface area contributed by atoms with E-state index in [9.17, 15) is 22.8 Å². The number of hydrogen-bond acceptors (Lipinski definition) is 4. The number of benzene rings is 2. The van der Waals surface area contributed by atoms with Gasteiger partial charge in [0.15, 0.2) is 0 Å². The van der Waals surface area contributed by atoms with E-state index in [0.717, 1.165) is 30.5 Å². The van der Waals surface area contributed by atoms with Crippen LogP contribution in [0, 0.1) is 5.92 Å². The lowest BCUT2D eigenvalue weighted by molar-refractivity contribution is -0.139. The standard InChI is InChI=1S/C27H29F3N4O3/c1-18(2)25(36)33(15-22-9-6-14-37-22)17-24(35)32-26-31-23(19-7-4-3-5-8-19)16-34(26)21-12-10-20(11-13-21)27(28,29)30/h3-5,7-8,10-13,16,18,22H,6,9,14-15,17H2,1-2H3,(H,31,32,35)/t22-/m0/s1. The molecule has 1 aromatic heterocycles. The molecule has 1 aliphatic heterocycles. The average Bonchev–Trinajstić information content (AvgIpc) is 3.53. The van der Waals surface area contributed by atoms with Gasteiger partial charge in [-0.25, -0.2) is 4.98 Å². The zero-order chi connectivity index (χ0) is 26.6. The first kappa shape index (κ1) is 26.4. The van der Waals surface area contributed by atoms with Crippen molar-refractivity contribution in [2.24, 2.45) is 5.92 Å². The van der Waals surface area contributed by atoms with Crippen LogP contribution in [0.5, 0.6) is 0 Å². The SMILES string of the molecule is CC(C)C(=O)N(CC(=O)Nc1nc(-c2ccccc2)cn1-c1ccc(C(F)(F)F)cc1)C[C@@H]1CCCO1. The summed E-state index contributed by atoms with van der Waals surface area (Å²) < 4.78 is 46.4. The van der Waals surface area contributed by atoms with Gasteiger partial charge >= 0.3 is 6.18 Å². The van der Waals surface area contributed by atoms with Gasteiger partial charge in [0.1, 0.15) is 6.54 Å². The molecule has 196 valence electrons. The molecule has 1 N–H and O–H groups in total. The summed E-state index contributed by atoms with van der Waals surface area (Å²) in [5.41, 5.74) is 0.929. The largest absolute Gasteiger partial charge is 0.416 e. The van der Waals surface area contributed by atoms with E-state index in [2.05, 4.69) is 10.3 Å². The normalized spacial score (nSPS) is 15.7. The minimum atomic E-state index is -4.46. The maximum Gasteiger partial charge on any atom is 0.416 e. The van der Waals surface area contributed by atoms with E-state index >= 15 is 0 Å². The summed E-state index contributed by atoms with van der Waals surface area (Å²) >= 11 is 0. The maximum atomic E-state index is 13.1. The lowest BCUT2D eigenvalue weighted by atomic mass is 10.1. The summed E-state index contributed by atoms with van der Waals surface area (Å²) in [6, 6.07) is 13.8. The third kappa shape index (κ3) is 6.56. The fourth-order valence-corrected chi connectivity index (χ4v) is 4.19. The molecule has 2 amide bonds. The Labute approximate surface area is 213 Å². The zero-order valence-corrected chi connectivity index (χ0v) is 20.7. The molecule has 1 atom stereocenters. The summed E-state index contributed by atoms with van der Waals surface area (Å²) in [5.74, 6) is -0.794. The van der Waals surface area contributed by atoms with Gasteiger partial charge in [0, 0.05) is 36.5 Å². The van der Waals surface area contributed by atoms with E-state index in [0.29, 0.717) is 24.5 Å². The monoisotopic (exact) mass is 514 g/mol. The molecule has 1 aliphatic rings.